The zero-order valence-corrected chi connectivity index (χ0v) is 16.9. The second kappa shape index (κ2) is 6.79. The summed E-state index contributed by atoms with van der Waals surface area (Å²) < 4.78 is 7.22. The van der Waals surface area contributed by atoms with Crippen LogP contribution in [-0.4, -0.2) is 35.0 Å². The normalized spacial score (nSPS) is 13.6. The maximum atomic E-state index is 11.0. The average Bonchev–Trinajstić information content (AvgIpc) is 3.46. The van der Waals surface area contributed by atoms with Crippen molar-refractivity contribution >= 4 is 22.6 Å². The molecule has 1 unspecified atom stereocenters. The number of aromatic nitrogens is 6. The molecular formula is C21H17ClN6O2. The first kappa shape index (κ1) is 18.5. The molecule has 0 aliphatic rings. The molecule has 0 aliphatic heterocycles. The van der Waals surface area contributed by atoms with Crippen LogP contribution in [0.4, 0.5) is 0 Å². The molecule has 0 bridgehead atoms. The molecule has 8 nitrogen and oxygen atoms in total. The lowest BCUT2D eigenvalue weighted by Crippen LogP contribution is -2.24. The number of aromatic amines is 1. The molecule has 5 aromatic rings. The Kier molecular flexibility index (Phi) is 4.19. The summed E-state index contributed by atoms with van der Waals surface area (Å²) in [6.07, 6.45) is 7.24. The monoisotopic (exact) mass is 420 g/mol. The van der Waals surface area contributed by atoms with E-state index in [1.165, 1.54) is 0 Å². The maximum absolute atomic E-state index is 11.0. The number of benzene rings is 1. The highest BCUT2D eigenvalue weighted by Gasteiger charge is 2.32. The maximum Gasteiger partial charge on any atom is 0.260 e. The average molecular weight is 421 g/mol. The van der Waals surface area contributed by atoms with Gasteiger partial charge in [-0.25, -0.2) is 4.98 Å². The number of pyridine rings is 1. The molecule has 0 saturated carbocycles. The Bertz CT molecular complexity index is 1370. The topological polar surface area (TPSA) is 106 Å². The van der Waals surface area contributed by atoms with Gasteiger partial charge in [-0.05, 0) is 30.7 Å². The first-order valence-corrected chi connectivity index (χ1v) is 9.59. The van der Waals surface area contributed by atoms with Gasteiger partial charge in [-0.15, -0.1) is 0 Å². The van der Waals surface area contributed by atoms with E-state index in [0.29, 0.717) is 21.8 Å². The van der Waals surface area contributed by atoms with Gasteiger partial charge in [0.1, 0.15) is 11.2 Å². The van der Waals surface area contributed by atoms with E-state index in [1.807, 2.05) is 19.3 Å². The third kappa shape index (κ3) is 3.06. The number of rotatable bonds is 4. The molecule has 9 heteroatoms. The van der Waals surface area contributed by atoms with Gasteiger partial charge >= 0.3 is 0 Å². The number of hydrogen-bond donors (Lipinski definition) is 2. The zero-order valence-electron chi connectivity index (χ0n) is 16.2. The summed E-state index contributed by atoms with van der Waals surface area (Å²) in [6.45, 7) is 1.60. The molecule has 0 fully saturated rings. The molecule has 0 aliphatic carbocycles. The fraction of sp³-hybridized carbons (Fsp3) is 0.143. The molecule has 0 amide bonds. The molecule has 4 heterocycles. The van der Waals surface area contributed by atoms with Crippen molar-refractivity contribution in [1.29, 1.82) is 0 Å². The SMILES string of the molecule is Cn1cc(-c2cnc3[nH]cc(-c4nc(C(C)(O)c5cccc(Cl)c5)no4)c3c2)cn1. The van der Waals surface area contributed by atoms with Crippen LogP contribution in [0.3, 0.4) is 0 Å². The predicted molar refractivity (Wildman–Crippen MR) is 112 cm³/mol. The molecule has 1 aromatic carbocycles. The lowest BCUT2D eigenvalue weighted by Gasteiger charge is -2.19. The highest BCUT2D eigenvalue weighted by molar-refractivity contribution is 6.30. The first-order chi connectivity index (χ1) is 14.4. The molecule has 0 saturated heterocycles. The van der Waals surface area contributed by atoms with Crippen molar-refractivity contribution in [1.82, 2.24) is 29.9 Å². The molecule has 150 valence electrons. The minimum atomic E-state index is -1.46. The molecular weight excluding hydrogens is 404 g/mol. The molecule has 0 spiro atoms. The summed E-state index contributed by atoms with van der Waals surface area (Å²) in [4.78, 5) is 12.0. The molecule has 30 heavy (non-hydrogen) atoms. The Labute approximate surface area is 176 Å². The number of hydrogen-bond acceptors (Lipinski definition) is 6. The summed E-state index contributed by atoms with van der Waals surface area (Å²) in [7, 11) is 1.86. The van der Waals surface area contributed by atoms with E-state index in [-0.39, 0.29) is 11.7 Å². The third-order valence-corrected chi connectivity index (χ3v) is 5.28. The number of H-pyrrole nitrogens is 1. The lowest BCUT2D eigenvalue weighted by atomic mass is 9.95. The first-order valence-electron chi connectivity index (χ1n) is 9.21. The van der Waals surface area contributed by atoms with E-state index in [2.05, 4.69) is 25.2 Å². The summed E-state index contributed by atoms with van der Waals surface area (Å²) in [6, 6.07) is 8.93. The molecule has 0 radical (unpaired) electrons. The quantitative estimate of drug-likeness (QED) is 0.456. The highest BCUT2D eigenvalue weighted by Crippen LogP contribution is 2.33. The van der Waals surface area contributed by atoms with Gasteiger partial charge in [-0.1, -0.05) is 28.9 Å². The predicted octanol–water partition coefficient (Wildman–Crippen LogP) is 3.92. The van der Waals surface area contributed by atoms with E-state index >= 15 is 0 Å². The fourth-order valence-electron chi connectivity index (χ4n) is 3.36. The number of nitrogens with zero attached hydrogens (tertiary/aromatic N) is 5. The third-order valence-electron chi connectivity index (χ3n) is 5.05. The number of aliphatic hydroxyl groups is 1. The van der Waals surface area contributed by atoms with Crippen LogP contribution in [0.1, 0.15) is 18.3 Å². The Morgan fingerprint density at radius 2 is 2.07 bits per heavy atom. The van der Waals surface area contributed by atoms with Gasteiger partial charge in [0.2, 0.25) is 5.82 Å². The van der Waals surface area contributed by atoms with Crippen LogP contribution in [0.15, 0.2) is 59.6 Å². The Morgan fingerprint density at radius 1 is 1.20 bits per heavy atom. The number of aryl methyl sites for hydroxylation is 1. The van der Waals surface area contributed by atoms with Crippen LogP contribution >= 0.6 is 11.6 Å². The van der Waals surface area contributed by atoms with Crippen LogP contribution in [0.2, 0.25) is 5.02 Å². The Hall–Kier alpha value is -3.49. The van der Waals surface area contributed by atoms with Crippen molar-refractivity contribution in [2.45, 2.75) is 12.5 Å². The molecule has 5 rings (SSSR count). The van der Waals surface area contributed by atoms with Gasteiger partial charge in [0.05, 0.1) is 11.8 Å². The number of nitrogens with one attached hydrogen (secondary N) is 1. The minimum absolute atomic E-state index is 0.144. The van der Waals surface area contributed by atoms with Crippen molar-refractivity contribution in [3.05, 3.63) is 71.5 Å². The van der Waals surface area contributed by atoms with Gasteiger partial charge in [0, 0.05) is 47.2 Å². The van der Waals surface area contributed by atoms with Gasteiger partial charge in [-0.3, -0.25) is 4.68 Å². The van der Waals surface area contributed by atoms with E-state index < -0.39 is 5.60 Å². The zero-order chi connectivity index (χ0) is 20.9. The van der Waals surface area contributed by atoms with Crippen molar-refractivity contribution in [2.75, 3.05) is 0 Å². The summed E-state index contributed by atoms with van der Waals surface area (Å²) in [5.41, 5.74) is 2.37. The largest absolute Gasteiger partial charge is 0.377 e. The van der Waals surface area contributed by atoms with Gasteiger partial charge in [0.25, 0.3) is 5.89 Å². The Balaban J connectivity index is 1.56. The van der Waals surface area contributed by atoms with Crippen molar-refractivity contribution in [3.63, 3.8) is 0 Å². The van der Waals surface area contributed by atoms with Gasteiger partial charge in [-0.2, -0.15) is 10.1 Å². The van der Waals surface area contributed by atoms with Crippen molar-refractivity contribution in [3.8, 4) is 22.6 Å². The van der Waals surface area contributed by atoms with Crippen LogP contribution in [0.25, 0.3) is 33.6 Å². The molecule has 2 N–H and O–H groups in total. The van der Waals surface area contributed by atoms with Crippen molar-refractivity contribution in [2.24, 2.45) is 7.05 Å². The summed E-state index contributed by atoms with van der Waals surface area (Å²) in [5, 5.41) is 20.6. The van der Waals surface area contributed by atoms with Crippen LogP contribution in [0.5, 0.6) is 0 Å². The van der Waals surface area contributed by atoms with E-state index in [9.17, 15) is 5.11 Å². The second-order valence-corrected chi connectivity index (χ2v) is 7.67. The standard InChI is InChI=1S/C21H17ClN6O2/c1-21(29,14-4-3-5-15(22)7-14)20-26-19(30-27-20)17-10-24-18-16(17)6-12(8-23-18)13-9-25-28(2)11-13/h3-11,29H,1-2H3,(H,23,24). The van der Waals surface area contributed by atoms with Crippen LogP contribution in [-0.2, 0) is 12.6 Å². The highest BCUT2D eigenvalue weighted by atomic mass is 35.5. The smallest absolute Gasteiger partial charge is 0.260 e. The van der Waals surface area contributed by atoms with Gasteiger partial charge < -0.3 is 14.6 Å². The fourth-order valence-corrected chi connectivity index (χ4v) is 3.55. The summed E-state index contributed by atoms with van der Waals surface area (Å²) >= 11 is 6.06. The summed E-state index contributed by atoms with van der Waals surface area (Å²) in [5.74, 6) is 0.425. The molecule has 1 atom stereocenters. The number of halogens is 1. The lowest BCUT2D eigenvalue weighted by molar-refractivity contribution is 0.0892. The molecule has 4 aromatic heterocycles. The Morgan fingerprint density at radius 3 is 2.83 bits per heavy atom. The van der Waals surface area contributed by atoms with E-state index in [4.69, 9.17) is 16.1 Å². The van der Waals surface area contributed by atoms with Gasteiger partial charge in [0.15, 0.2) is 0 Å². The second-order valence-electron chi connectivity index (χ2n) is 7.23. The number of fused-ring (bicyclic) bond motifs is 1. The van der Waals surface area contributed by atoms with E-state index in [1.54, 1.807) is 54.5 Å². The minimum Gasteiger partial charge on any atom is -0.377 e. The van der Waals surface area contributed by atoms with Crippen molar-refractivity contribution < 1.29 is 9.63 Å². The van der Waals surface area contributed by atoms with E-state index in [0.717, 1.165) is 16.5 Å². The van der Waals surface area contributed by atoms with Crippen LogP contribution < -0.4 is 0 Å². The van der Waals surface area contributed by atoms with Crippen LogP contribution in [0, 0.1) is 0 Å².